The van der Waals surface area contributed by atoms with Crippen LogP contribution in [0.25, 0.3) is 0 Å². The molecule has 0 fully saturated rings. The monoisotopic (exact) mass is 410 g/mol. The van der Waals surface area contributed by atoms with E-state index in [1.165, 1.54) is 12.0 Å². The Bertz CT molecular complexity index is 971. The molecule has 0 spiro atoms. The molecule has 30 heavy (non-hydrogen) atoms. The van der Waals surface area contributed by atoms with Crippen molar-refractivity contribution in [1.29, 1.82) is 0 Å². The minimum absolute atomic E-state index is 0.00895. The zero-order chi connectivity index (χ0) is 21.5. The lowest BCUT2D eigenvalue weighted by Crippen LogP contribution is -2.31. The molecule has 8 nitrogen and oxygen atoms in total. The summed E-state index contributed by atoms with van der Waals surface area (Å²) in [6.45, 7) is -0.0521. The molecule has 8 heteroatoms. The van der Waals surface area contributed by atoms with E-state index in [2.05, 4.69) is 5.32 Å². The number of methoxy groups -OCH3 is 1. The summed E-state index contributed by atoms with van der Waals surface area (Å²) in [5, 5.41) is 12.1. The van der Waals surface area contributed by atoms with E-state index in [4.69, 9.17) is 14.6 Å². The second-order valence-corrected chi connectivity index (χ2v) is 6.53. The molecule has 0 aliphatic carbocycles. The van der Waals surface area contributed by atoms with Crippen LogP contribution in [0.5, 0.6) is 0 Å². The smallest absolute Gasteiger partial charge is 0.340 e. The standard InChI is InChI=1S/C22H22N2O6/c1-29-21(27)17-13-24(11-12-25)20(26)19(17)23-18-10-6-5-9-16(18)22(28)30-14-15-7-3-2-4-8-15/h2-10,23,25H,11-14H2,1H3. The molecule has 0 atom stereocenters. The number of esters is 2. The van der Waals surface area contributed by atoms with E-state index in [0.29, 0.717) is 5.69 Å². The average Bonchev–Trinajstić information content (AvgIpc) is 3.08. The summed E-state index contributed by atoms with van der Waals surface area (Å²) in [4.78, 5) is 38.8. The van der Waals surface area contributed by atoms with E-state index < -0.39 is 17.8 Å². The number of anilines is 1. The highest BCUT2D eigenvalue weighted by molar-refractivity contribution is 6.09. The molecule has 0 radical (unpaired) electrons. The minimum atomic E-state index is -0.657. The first-order valence-electron chi connectivity index (χ1n) is 9.33. The van der Waals surface area contributed by atoms with Crippen molar-refractivity contribution in [2.24, 2.45) is 0 Å². The Morgan fingerprint density at radius 1 is 1.07 bits per heavy atom. The van der Waals surface area contributed by atoms with Crippen LogP contribution < -0.4 is 5.32 Å². The minimum Gasteiger partial charge on any atom is -0.466 e. The molecule has 0 saturated heterocycles. The van der Waals surface area contributed by atoms with E-state index in [1.54, 1.807) is 24.3 Å². The summed E-state index contributed by atoms with van der Waals surface area (Å²) in [5.41, 5.74) is 1.53. The van der Waals surface area contributed by atoms with Crippen LogP contribution in [-0.4, -0.2) is 54.7 Å². The molecule has 2 N–H and O–H groups in total. The van der Waals surface area contributed by atoms with E-state index in [-0.39, 0.29) is 43.1 Å². The maximum absolute atomic E-state index is 12.7. The number of hydrogen-bond donors (Lipinski definition) is 2. The molecule has 3 rings (SSSR count). The summed E-state index contributed by atoms with van der Waals surface area (Å²) in [6, 6.07) is 15.8. The van der Waals surface area contributed by atoms with Crippen molar-refractivity contribution in [3.8, 4) is 0 Å². The second-order valence-electron chi connectivity index (χ2n) is 6.53. The Kier molecular flexibility index (Phi) is 6.82. The van der Waals surface area contributed by atoms with Crippen molar-refractivity contribution in [2.75, 3.05) is 32.1 Å². The number of carbonyl (C=O) groups is 3. The van der Waals surface area contributed by atoms with Crippen molar-refractivity contribution in [3.63, 3.8) is 0 Å². The van der Waals surface area contributed by atoms with Gasteiger partial charge >= 0.3 is 11.9 Å². The number of rotatable bonds is 8. The number of hydrogen-bond acceptors (Lipinski definition) is 7. The molecule has 1 aliphatic heterocycles. The number of carbonyl (C=O) groups excluding carboxylic acids is 3. The largest absolute Gasteiger partial charge is 0.466 e. The van der Waals surface area contributed by atoms with E-state index in [0.717, 1.165) is 5.56 Å². The number of aliphatic hydroxyl groups excluding tert-OH is 1. The number of para-hydroxylation sites is 1. The van der Waals surface area contributed by atoms with Crippen molar-refractivity contribution < 1.29 is 29.0 Å². The Morgan fingerprint density at radius 2 is 1.77 bits per heavy atom. The SMILES string of the molecule is COC(=O)C1=C(Nc2ccccc2C(=O)OCc2ccccc2)C(=O)N(CCO)C1. The van der Waals surface area contributed by atoms with Crippen molar-refractivity contribution in [2.45, 2.75) is 6.61 Å². The summed E-state index contributed by atoms with van der Waals surface area (Å²) in [5.74, 6) is -1.69. The topological polar surface area (TPSA) is 105 Å². The Balaban J connectivity index is 1.83. The van der Waals surface area contributed by atoms with Gasteiger partial charge in [0.05, 0.1) is 37.1 Å². The van der Waals surface area contributed by atoms with Gasteiger partial charge < -0.3 is 24.8 Å². The van der Waals surface area contributed by atoms with Crippen LogP contribution in [0.2, 0.25) is 0 Å². The molecule has 0 bridgehead atoms. The van der Waals surface area contributed by atoms with Gasteiger partial charge in [-0.15, -0.1) is 0 Å². The predicted octanol–water partition coefficient (Wildman–Crippen LogP) is 1.72. The molecular weight excluding hydrogens is 388 g/mol. The van der Waals surface area contributed by atoms with Gasteiger partial charge in [-0.3, -0.25) is 4.79 Å². The van der Waals surface area contributed by atoms with Gasteiger partial charge in [-0.2, -0.15) is 0 Å². The van der Waals surface area contributed by atoms with Gasteiger partial charge in [0.1, 0.15) is 12.3 Å². The van der Waals surface area contributed by atoms with E-state index >= 15 is 0 Å². The van der Waals surface area contributed by atoms with Gasteiger partial charge in [0.25, 0.3) is 5.91 Å². The molecule has 1 aliphatic rings. The fourth-order valence-electron chi connectivity index (χ4n) is 3.05. The fraction of sp³-hybridized carbons (Fsp3) is 0.227. The lowest BCUT2D eigenvalue weighted by molar-refractivity contribution is -0.136. The number of nitrogens with one attached hydrogen (secondary N) is 1. The highest BCUT2D eigenvalue weighted by atomic mass is 16.5. The van der Waals surface area contributed by atoms with Crippen LogP contribution in [-0.2, 0) is 25.7 Å². The van der Waals surface area contributed by atoms with Crippen molar-refractivity contribution in [1.82, 2.24) is 4.90 Å². The van der Waals surface area contributed by atoms with Crippen LogP contribution in [0.4, 0.5) is 5.69 Å². The summed E-state index contributed by atoms with van der Waals surface area (Å²) in [7, 11) is 1.22. The lowest BCUT2D eigenvalue weighted by Gasteiger charge is -2.16. The van der Waals surface area contributed by atoms with E-state index in [1.807, 2.05) is 30.3 Å². The summed E-state index contributed by atoms with van der Waals surface area (Å²) >= 11 is 0. The van der Waals surface area contributed by atoms with Gasteiger partial charge in [0.2, 0.25) is 0 Å². The zero-order valence-electron chi connectivity index (χ0n) is 16.5. The maximum atomic E-state index is 12.7. The number of benzene rings is 2. The summed E-state index contributed by atoms with van der Waals surface area (Å²) < 4.78 is 10.2. The fourth-order valence-corrected chi connectivity index (χ4v) is 3.05. The van der Waals surface area contributed by atoms with Gasteiger partial charge in [0, 0.05) is 6.54 Å². The highest BCUT2D eigenvalue weighted by Crippen LogP contribution is 2.25. The third-order valence-electron chi connectivity index (χ3n) is 4.57. The molecule has 156 valence electrons. The van der Waals surface area contributed by atoms with Crippen molar-refractivity contribution in [3.05, 3.63) is 77.0 Å². The first kappa shape index (κ1) is 21.1. The van der Waals surface area contributed by atoms with Crippen molar-refractivity contribution >= 4 is 23.5 Å². The van der Waals surface area contributed by atoms with Crippen LogP contribution >= 0.6 is 0 Å². The molecule has 0 aromatic heterocycles. The first-order valence-corrected chi connectivity index (χ1v) is 9.33. The van der Waals surface area contributed by atoms with Gasteiger partial charge in [-0.1, -0.05) is 42.5 Å². The molecule has 0 unspecified atom stereocenters. The number of ether oxygens (including phenoxy) is 2. The number of nitrogens with zero attached hydrogens (tertiary/aromatic N) is 1. The van der Waals surface area contributed by atoms with Gasteiger partial charge in [0.15, 0.2) is 0 Å². The first-order chi connectivity index (χ1) is 14.5. The molecule has 1 amide bonds. The summed E-state index contributed by atoms with van der Waals surface area (Å²) in [6.07, 6.45) is 0. The van der Waals surface area contributed by atoms with Crippen LogP contribution in [0.1, 0.15) is 15.9 Å². The molecule has 2 aromatic carbocycles. The van der Waals surface area contributed by atoms with Gasteiger partial charge in [-0.25, -0.2) is 9.59 Å². The third kappa shape index (κ3) is 4.66. The van der Waals surface area contributed by atoms with Crippen LogP contribution in [0, 0.1) is 0 Å². The zero-order valence-corrected chi connectivity index (χ0v) is 16.5. The van der Waals surface area contributed by atoms with E-state index in [9.17, 15) is 14.4 Å². The van der Waals surface area contributed by atoms with Crippen LogP contribution in [0.3, 0.4) is 0 Å². The normalized spacial score (nSPS) is 13.4. The average molecular weight is 410 g/mol. The molecule has 2 aromatic rings. The van der Waals surface area contributed by atoms with Gasteiger partial charge in [-0.05, 0) is 17.7 Å². The number of aliphatic hydroxyl groups is 1. The molecule has 1 heterocycles. The Morgan fingerprint density at radius 3 is 2.47 bits per heavy atom. The molecular formula is C22H22N2O6. The number of amides is 1. The highest BCUT2D eigenvalue weighted by Gasteiger charge is 2.35. The lowest BCUT2D eigenvalue weighted by atomic mass is 10.1. The maximum Gasteiger partial charge on any atom is 0.340 e. The Labute approximate surface area is 173 Å². The third-order valence-corrected chi connectivity index (χ3v) is 4.57. The quantitative estimate of drug-likeness (QED) is 0.639. The second kappa shape index (κ2) is 9.71. The number of β-amino-alcohol motifs (C(OH)–C–C–N with tert-alkyl or cyclic N) is 1. The van der Waals surface area contributed by atoms with Crippen LogP contribution in [0.15, 0.2) is 65.9 Å². The predicted molar refractivity (Wildman–Crippen MR) is 108 cm³/mol. The molecule has 0 saturated carbocycles. The Hall–Kier alpha value is -3.65.